The summed E-state index contributed by atoms with van der Waals surface area (Å²) in [5, 5.41) is 14.0. The van der Waals surface area contributed by atoms with Crippen LogP contribution in [0.25, 0.3) is 0 Å². The van der Waals surface area contributed by atoms with Crippen molar-refractivity contribution in [1.82, 2.24) is 5.32 Å². The number of nitrogens with two attached hydrogens (primary N) is 1. The molecule has 1 atom stereocenters. The second kappa shape index (κ2) is 7.22. The van der Waals surface area contributed by atoms with E-state index >= 15 is 0 Å². The zero-order valence-electron chi connectivity index (χ0n) is 13.5. The Hall–Kier alpha value is -2.15. The second-order valence-corrected chi connectivity index (χ2v) is 5.93. The van der Waals surface area contributed by atoms with Crippen molar-refractivity contribution >= 4 is 17.3 Å². The van der Waals surface area contributed by atoms with Gasteiger partial charge in [0.25, 0.3) is 5.69 Å². The number of likely N-dealkylation sites (N-methyl/N-ethyl adjacent to an activating group) is 1. The third-order valence-corrected chi connectivity index (χ3v) is 3.99. The molecule has 0 bridgehead atoms. The molecule has 7 heteroatoms. The number of hydrogen-bond donors (Lipinski definition) is 2. The number of nitrogens with one attached hydrogen (secondary N) is 1. The van der Waals surface area contributed by atoms with Gasteiger partial charge < -0.3 is 16.0 Å². The normalized spacial score (nSPS) is 13.5. The van der Waals surface area contributed by atoms with Crippen LogP contribution < -0.4 is 16.0 Å². The zero-order chi connectivity index (χ0) is 16.9. The van der Waals surface area contributed by atoms with E-state index in [0.717, 1.165) is 0 Å². The largest absolute Gasteiger partial charge is 0.360 e. The zero-order valence-corrected chi connectivity index (χ0v) is 13.5. The van der Waals surface area contributed by atoms with Gasteiger partial charge in [-0.2, -0.15) is 0 Å². The van der Waals surface area contributed by atoms with Crippen LogP contribution in [-0.2, 0) is 4.79 Å². The predicted molar refractivity (Wildman–Crippen MR) is 86.8 cm³/mol. The van der Waals surface area contributed by atoms with Crippen LogP contribution in [0, 0.1) is 16.0 Å². The maximum absolute atomic E-state index is 12.2. The Morgan fingerprint density at radius 1 is 1.45 bits per heavy atom. The van der Waals surface area contributed by atoms with E-state index in [9.17, 15) is 14.9 Å². The van der Waals surface area contributed by atoms with Crippen LogP contribution in [0.4, 0.5) is 11.4 Å². The molecule has 7 nitrogen and oxygen atoms in total. The van der Waals surface area contributed by atoms with Crippen molar-refractivity contribution in [3.63, 3.8) is 0 Å². The van der Waals surface area contributed by atoms with Gasteiger partial charge in [0.05, 0.1) is 17.0 Å². The minimum absolute atomic E-state index is 0.0210. The van der Waals surface area contributed by atoms with Crippen LogP contribution in [-0.4, -0.2) is 36.5 Å². The Morgan fingerprint density at radius 2 is 2.05 bits per heavy atom. The van der Waals surface area contributed by atoms with Crippen molar-refractivity contribution in [3.05, 3.63) is 34.4 Å². The number of hydrogen-bond acceptors (Lipinski definition) is 5. The lowest BCUT2D eigenvalue weighted by atomic mass is 9.88. The number of para-hydroxylation sites is 2. The van der Waals surface area contributed by atoms with Crippen LogP contribution in [0.5, 0.6) is 0 Å². The third-order valence-electron chi connectivity index (χ3n) is 3.99. The molecule has 0 saturated heterocycles. The molecule has 1 aromatic rings. The number of rotatable bonds is 7. The summed E-state index contributed by atoms with van der Waals surface area (Å²) >= 11 is 0. The van der Waals surface area contributed by atoms with Gasteiger partial charge in [0, 0.05) is 19.7 Å². The summed E-state index contributed by atoms with van der Waals surface area (Å²) < 4.78 is 0. The lowest BCUT2D eigenvalue weighted by Gasteiger charge is -2.34. The van der Waals surface area contributed by atoms with E-state index in [1.165, 1.54) is 6.07 Å². The molecule has 0 saturated carbocycles. The molecular weight excluding hydrogens is 284 g/mol. The van der Waals surface area contributed by atoms with Crippen molar-refractivity contribution in [2.75, 3.05) is 25.0 Å². The van der Waals surface area contributed by atoms with Gasteiger partial charge in [0.15, 0.2) is 0 Å². The molecule has 0 heterocycles. The summed E-state index contributed by atoms with van der Waals surface area (Å²) in [5.41, 5.74) is 5.62. The lowest BCUT2D eigenvalue weighted by molar-refractivity contribution is -0.384. The molecule has 122 valence electrons. The summed E-state index contributed by atoms with van der Waals surface area (Å²) in [6, 6.07) is 6.34. The van der Waals surface area contributed by atoms with E-state index in [-0.39, 0.29) is 24.1 Å². The fraction of sp³-hybridized carbons (Fsp3) is 0.533. The summed E-state index contributed by atoms with van der Waals surface area (Å²) in [6.07, 6.45) is 0. The first-order valence-electron chi connectivity index (χ1n) is 7.17. The van der Waals surface area contributed by atoms with E-state index in [1.54, 1.807) is 30.1 Å². The summed E-state index contributed by atoms with van der Waals surface area (Å²) in [4.78, 5) is 24.4. The third kappa shape index (κ3) is 4.17. The van der Waals surface area contributed by atoms with E-state index in [2.05, 4.69) is 5.32 Å². The van der Waals surface area contributed by atoms with Gasteiger partial charge in [-0.05, 0) is 18.9 Å². The first kappa shape index (κ1) is 17.9. The lowest BCUT2D eigenvalue weighted by Crippen LogP contribution is -2.56. The van der Waals surface area contributed by atoms with Crippen LogP contribution in [0.15, 0.2) is 24.3 Å². The molecular formula is C15H24N4O3. The second-order valence-electron chi connectivity index (χ2n) is 5.93. The predicted octanol–water partition coefficient (Wildman–Crippen LogP) is 1.52. The van der Waals surface area contributed by atoms with E-state index < -0.39 is 10.5 Å². The van der Waals surface area contributed by atoms with Crippen LogP contribution in [0.2, 0.25) is 0 Å². The minimum atomic E-state index is -0.499. The van der Waals surface area contributed by atoms with E-state index in [1.807, 2.05) is 20.8 Å². The van der Waals surface area contributed by atoms with E-state index in [4.69, 9.17) is 5.73 Å². The number of nitro groups is 1. The van der Waals surface area contributed by atoms with Gasteiger partial charge in [-0.3, -0.25) is 14.9 Å². The summed E-state index contributed by atoms with van der Waals surface area (Å²) in [5.74, 6) is -0.0416. The summed E-state index contributed by atoms with van der Waals surface area (Å²) in [6.45, 7) is 6.21. The number of benzene rings is 1. The summed E-state index contributed by atoms with van der Waals surface area (Å²) in [7, 11) is 1.65. The van der Waals surface area contributed by atoms with E-state index in [0.29, 0.717) is 12.2 Å². The van der Waals surface area contributed by atoms with Gasteiger partial charge in [-0.1, -0.05) is 26.0 Å². The number of anilines is 1. The monoisotopic (exact) mass is 308 g/mol. The number of nitro benzene ring substituents is 1. The Bertz CT molecular complexity index is 547. The SMILES string of the molecule is CC(C)C(C)(CN)NC(=O)CN(C)c1ccccc1[N+](=O)[O-]. The Labute approximate surface area is 130 Å². The molecule has 0 fully saturated rings. The molecule has 22 heavy (non-hydrogen) atoms. The van der Waals surface area contributed by atoms with Gasteiger partial charge >= 0.3 is 0 Å². The molecule has 0 aromatic heterocycles. The van der Waals surface area contributed by atoms with Crippen molar-refractivity contribution in [2.45, 2.75) is 26.3 Å². The molecule has 1 unspecified atom stereocenters. The smallest absolute Gasteiger partial charge is 0.292 e. The van der Waals surface area contributed by atoms with Gasteiger partial charge in [-0.15, -0.1) is 0 Å². The number of carbonyl (C=O) groups excluding carboxylic acids is 1. The van der Waals surface area contributed by atoms with Crippen LogP contribution in [0.3, 0.4) is 0 Å². The first-order chi connectivity index (χ1) is 10.2. The van der Waals surface area contributed by atoms with Crippen molar-refractivity contribution in [2.24, 2.45) is 11.7 Å². The standard InChI is InChI=1S/C15H24N4O3/c1-11(2)15(3,10-16)17-14(20)9-18(4)12-7-5-6-8-13(12)19(21)22/h5-8,11H,9-10,16H2,1-4H3,(H,17,20). The molecule has 0 aliphatic heterocycles. The Kier molecular flexibility index (Phi) is 5.87. The topological polar surface area (TPSA) is 102 Å². The molecule has 0 aliphatic rings. The van der Waals surface area contributed by atoms with Crippen LogP contribution in [0.1, 0.15) is 20.8 Å². The van der Waals surface area contributed by atoms with Crippen LogP contribution >= 0.6 is 0 Å². The Balaban J connectivity index is 2.83. The molecule has 0 spiro atoms. The molecule has 0 radical (unpaired) electrons. The Morgan fingerprint density at radius 3 is 2.55 bits per heavy atom. The molecule has 0 aliphatic carbocycles. The number of amides is 1. The van der Waals surface area contributed by atoms with Gasteiger partial charge in [0.2, 0.25) is 5.91 Å². The van der Waals surface area contributed by atoms with Gasteiger partial charge in [0.1, 0.15) is 5.69 Å². The quantitative estimate of drug-likeness (QED) is 0.587. The minimum Gasteiger partial charge on any atom is -0.360 e. The van der Waals surface area contributed by atoms with Crippen molar-refractivity contribution in [3.8, 4) is 0 Å². The highest BCUT2D eigenvalue weighted by atomic mass is 16.6. The maximum atomic E-state index is 12.2. The fourth-order valence-electron chi connectivity index (χ4n) is 2.03. The molecule has 1 amide bonds. The highest BCUT2D eigenvalue weighted by molar-refractivity contribution is 5.83. The maximum Gasteiger partial charge on any atom is 0.292 e. The average Bonchev–Trinajstić information content (AvgIpc) is 2.46. The first-order valence-corrected chi connectivity index (χ1v) is 7.17. The van der Waals surface area contributed by atoms with Crippen molar-refractivity contribution < 1.29 is 9.72 Å². The molecule has 1 rings (SSSR count). The van der Waals surface area contributed by atoms with Gasteiger partial charge in [-0.25, -0.2) is 0 Å². The van der Waals surface area contributed by atoms with Crippen molar-refractivity contribution in [1.29, 1.82) is 0 Å². The molecule has 3 N–H and O–H groups in total. The molecule has 1 aromatic carbocycles. The highest BCUT2D eigenvalue weighted by Gasteiger charge is 2.29. The fourth-order valence-corrected chi connectivity index (χ4v) is 2.03. The highest BCUT2D eigenvalue weighted by Crippen LogP contribution is 2.26. The average molecular weight is 308 g/mol. The number of carbonyl (C=O) groups is 1. The number of nitrogens with zero attached hydrogens (tertiary/aromatic N) is 2.